The minimum Gasteiger partial charge on any atom is -0.492 e. The van der Waals surface area contributed by atoms with Crippen molar-refractivity contribution in [2.24, 2.45) is 5.92 Å². The number of nitrogens with zero attached hydrogens (tertiary/aromatic N) is 3. The highest BCUT2D eigenvalue weighted by Gasteiger charge is 2.32. The Morgan fingerprint density at radius 1 is 1.11 bits per heavy atom. The predicted molar refractivity (Wildman–Crippen MR) is 137 cm³/mol. The van der Waals surface area contributed by atoms with Crippen molar-refractivity contribution in [2.45, 2.75) is 18.9 Å². The molecule has 192 valence electrons. The SMILES string of the molecule is O=C(O)c1cn(C2CC2)c2cc(N3CCN(CC4COc5cc(Cl)ccc5C4=O)CC3)c(F)cc2c1=O. The fraction of sp³-hybridized carbons (Fsp3) is 0.370. The lowest BCUT2D eigenvalue weighted by Gasteiger charge is -2.38. The van der Waals surface area contributed by atoms with Crippen LogP contribution in [0.5, 0.6) is 5.75 Å². The summed E-state index contributed by atoms with van der Waals surface area (Å²) in [5.41, 5.74) is 0.488. The van der Waals surface area contributed by atoms with Crippen molar-refractivity contribution < 1.29 is 23.8 Å². The molecule has 1 saturated heterocycles. The zero-order valence-electron chi connectivity index (χ0n) is 20.0. The molecule has 3 aliphatic rings. The first-order valence-electron chi connectivity index (χ1n) is 12.4. The summed E-state index contributed by atoms with van der Waals surface area (Å²) in [4.78, 5) is 41.4. The van der Waals surface area contributed by atoms with Gasteiger partial charge in [-0.25, -0.2) is 9.18 Å². The van der Waals surface area contributed by atoms with Crippen molar-refractivity contribution in [3.05, 3.63) is 68.7 Å². The molecule has 1 aromatic heterocycles. The summed E-state index contributed by atoms with van der Waals surface area (Å²) in [6, 6.07) is 8.01. The zero-order valence-corrected chi connectivity index (χ0v) is 20.7. The van der Waals surface area contributed by atoms with Gasteiger partial charge in [-0.2, -0.15) is 0 Å². The summed E-state index contributed by atoms with van der Waals surface area (Å²) in [6.45, 7) is 3.23. The number of carboxylic acid groups (broad SMARTS) is 1. The lowest BCUT2D eigenvalue weighted by molar-refractivity contribution is 0.0693. The average molecular weight is 526 g/mol. The Kier molecular flexibility index (Phi) is 5.92. The van der Waals surface area contributed by atoms with Crippen LogP contribution in [0.1, 0.15) is 39.6 Å². The molecule has 8 nitrogen and oxygen atoms in total. The number of pyridine rings is 1. The van der Waals surface area contributed by atoms with E-state index in [4.69, 9.17) is 16.3 Å². The first-order valence-corrected chi connectivity index (χ1v) is 12.7. The standard InChI is InChI=1S/C27H25ClFN3O5/c28-16-1-4-18-24(9-16)37-14-15(25(18)33)12-30-5-7-31(8-6-30)23-11-22-19(10-21(23)29)26(34)20(27(35)36)13-32(22)17-2-3-17/h1,4,9-11,13,15,17H,2-3,5-8,12,14H2,(H,35,36). The molecule has 2 aliphatic heterocycles. The minimum absolute atomic E-state index is 0.0414. The van der Waals surface area contributed by atoms with E-state index in [9.17, 15) is 19.5 Å². The fourth-order valence-electron chi connectivity index (χ4n) is 5.33. The molecular formula is C27H25ClFN3O5. The normalized spacial score (nSPS) is 20.1. The van der Waals surface area contributed by atoms with Crippen molar-refractivity contribution in [1.82, 2.24) is 9.47 Å². The number of rotatable bonds is 5. The van der Waals surface area contributed by atoms with Gasteiger partial charge < -0.3 is 19.3 Å². The maximum Gasteiger partial charge on any atom is 0.341 e. The number of hydrogen-bond donors (Lipinski definition) is 1. The van der Waals surface area contributed by atoms with Crippen molar-refractivity contribution in [3.63, 3.8) is 0 Å². The molecule has 3 heterocycles. The van der Waals surface area contributed by atoms with E-state index in [-0.39, 0.29) is 28.7 Å². The molecule has 0 spiro atoms. The largest absolute Gasteiger partial charge is 0.492 e. The summed E-state index contributed by atoms with van der Waals surface area (Å²) in [5.74, 6) is -1.58. The van der Waals surface area contributed by atoms with Gasteiger partial charge in [0.1, 0.15) is 17.1 Å². The van der Waals surface area contributed by atoms with Crippen LogP contribution in [-0.2, 0) is 0 Å². The summed E-state index contributed by atoms with van der Waals surface area (Å²) in [7, 11) is 0. The number of ketones is 1. The Balaban J connectivity index is 1.19. The number of aromatic nitrogens is 1. The minimum atomic E-state index is -1.31. The molecule has 2 fully saturated rings. The number of halogens is 2. The topological polar surface area (TPSA) is 92.1 Å². The molecule has 0 amide bonds. The number of piperazine rings is 1. The highest BCUT2D eigenvalue weighted by atomic mass is 35.5. The van der Waals surface area contributed by atoms with Gasteiger partial charge in [0, 0.05) is 55.4 Å². The molecule has 1 atom stereocenters. The van der Waals surface area contributed by atoms with Crippen LogP contribution in [0.15, 0.2) is 41.3 Å². The molecule has 10 heteroatoms. The summed E-state index contributed by atoms with van der Waals surface area (Å²) in [6.07, 6.45) is 3.17. The molecule has 0 bridgehead atoms. The quantitative estimate of drug-likeness (QED) is 0.541. The third-order valence-electron chi connectivity index (χ3n) is 7.48. The van der Waals surface area contributed by atoms with Gasteiger partial charge in [0.2, 0.25) is 5.43 Å². The Morgan fingerprint density at radius 2 is 1.86 bits per heavy atom. The Labute approximate surface area is 216 Å². The van der Waals surface area contributed by atoms with Gasteiger partial charge in [-0.05, 0) is 43.2 Å². The summed E-state index contributed by atoms with van der Waals surface area (Å²) >= 11 is 6.01. The molecule has 1 aliphatic carbocycles. The lowest BCUT2D eigenvalue weighted by Crippen LogP contribution is -2.49. The molecular weight excluding hydrogens is 501 g/mol. The first-order chi connectivity index (χ1) is 17.8. The second-order valence-electron chi connectivity index (χ2n) is 9.94. The van der Waals surface area contributed by atoms with E-state index in [1.807, 2.05) is 4.90 Å². The number of fused-ring (bicyclic) bond motifs is 2. The Bertz CT molecular complexity index is 1490. The Morgan fingerprint density at radius 3 is 2.57 bits per heavy atom. The van der Waals surface area contributed by atoms with E-state index in [0.29, 0.717) is 66.9 Å². The van der Waals surface area contributed by atoms with Crippen LogP contribution in [0.4, 0.5) is 10.1 Å². The van der Waals surface area contributed by atoms with E-state index >= 15 is 4.39 Å². The molecule has 1 saturated carbocycles. The van der Waals surface area contributed by atoms with Gasteiger partial charge in [-0.15, -0.1) is 0 Å². The summed E-state index contributed by atoms with van der Waals surface area (Å²) < 4.78 is 22.8. The molecule has 1 N–H and O–H groups in total. The fourth-order valence-corrected chi connectivity index (χ4v) is 5.49. The first kappa shape index (κ1) is 23.9. The van der Waals surface area contributed by atoms with Crippen molar-refractivity contribution in [3.8, 4) is 5.75 Å². The third kappa shape index (κ3) is 4.36. The maximum atomic E-state index is 15.2. The Hall–Kier alpha value is -3.43. The number of carbonyl (C=O) groups is 2. The highest BCUT2D eigenvalue weighted by molar-refractivity contribution is 6.31. The number of benzene rings is 2. The number of anilines is 1. The number of carbonyl (C=O) groups excluding carboxylic acids is 1. The number of ether oxygens (including phenoxy) is 1. The van der Waals surface area contributed by atoms with Crippen LogP contribution >= 0.6 is 11.6 Å². The van der Waals surface area contributed by atoms with E-state index in [1.165, 1.54) is 12.3 Å². The van der Waals surface area contributed by atoms with Gasteiger partial charge in [0.05, 0.1) is 29.3 Å². The van der Waals surface area contributed by atoms with Crippen molar-refractivity contribution >= 4 is 39.9 Å². The number of aromatic carboxylic acids is 1. The average Bonchev–Trinajstić information content (AvgIpc) is 3.72. The molecule has 6 rings (SSSR count). The van der Waals surface area contributed by atoms with Gasteiger partial charge in [0.25, 0.3) is 0 Å². The number of Topliss-reactive ketones (excluding diaryl/α,β-unsaturated/α-hetero) is 1. The third-order valence-corrected chi connectivity index (χ3v) is 7.72. The monoisotopic (exact) mass is 525 g/mol. The van der Waals surface area contributed by atoms with Crippen LogP contribution in [0.3, 0.4) is 0 Å². The van der Waals surface area contributed by atoms with E-state index in [0.717, 1.165) is 12.8 Å². The van der Waals surface area contributed by atoms with Crippen LogP contribution in [0.25, 0.3) is 10.9 Å². The molecule has 37 heavy (non-hydrogen) atoms. The smallest absolute Gasteiger partial charge is 0.341 e. The van der Waals surface area contributed by atoms with Gasteiger partial charge >= 0.3 is 5.97 Å². The van der Waals surface area contributed by atoms with Crippen LogP contribution in [-0.4, -0.2) is 65.7 Å². The molecule has 0 radical (unpaired) electrons. The van der Waals surface area contributed by atoms with Crippen molar-refractivity contribution in [2.75, 3.05) is 44.2 Å². The van der Waals surface area contributed by atoms with E-state index in [2.05, 4.69) is 4.90 Å². The van der Waals surface area contributed by atoms with Crippen LogP contribution < -0.4 is 15.1 Å². The molecule has 1 unspecified atom stereocenters. The number of carboxylic acids is 1. The highest BCUT2D eigenvalue weighted by Crippen LogP contribution is 2.38. The van der Waals surface area contributed by atoms with Crippen LogP contribution in [0.2, 0.25) is 5.02 Å². The second-order valence-corrected chi connectivity index (χ2v) is 10.4. The zero-order chi connectivity index (χ0) is 25.8. The van der Waals surface area contributed by atoms with Gasteiger partial charge in [0.15, 0.2) is 5.78 Å². The lowest BCUT2D eigenvalue weighted by atomic mass is 9.94. The second kappa shape index (κ2) is 9.15. The van der Waals surface area contributed by atoms with Gasteiger partial charge in [-0.3, -0.25) is 14.5 Å². The molecule has 2 aromatic carbocycles. The predicted octanol–water partition coefficient (Wildman–Crippen LogP) is 3.84. The number of hydrogen-bond acceptors (Lipinski definition) is 6. The van der Waals surface area contributed by atoms with Crippen molar-refractivity contribution in [1.29, 1.82) is 0 Å². The molecule has 3 aromatic rings. The van der Waals surface area contributed by atoms with E-state index < -0.39 is 17.2 Å². The van der Waals surface area contributed by atoms with E-state index in [1.54, 1.807) is 28.8 Å². The van der Waals surface area contributed by atoms with Gasteiger partial charge in [-0.1, -0.05) is 11.6 Å². The van der Waals surface area contributed by atoms with Crippen LogP contribution in [0, 0.1) is 11.7 Å². The maximum absolute atomic E-state index is 15.2. The summed E-state index contributed by atoms with van der Waals surface area (Å²) in [5, 5.41) is 10.1.